The van der Waals surface area contributed by atoms with Crippen molar-refractivity contribution in [3.63, 3.8) is 0 Å². The summed E-state index contributed by atoms with van der Waals surface area (Å²) in [6.07, 6.45) is 4.86. The molecule has 0 amide bonds. The van der Waals surface area contributed by atoms with Gasteiger partial charge in [0.05, 0.1) is 13.1 Å². The third-order valence-corrected chi connectivity index (χ3v) is 3.04. The van der Waals surface area contributed by atoms with E-state index in [2.05, 4.69) is 4.90 Å². The van der Waals surface area contributed by atoms with Crippen LogP contribution in [0, 0.1) is 5.21 Å². The number of likely N-dealkylation sites (tertiary alicyclic amines) is 2. The van der Waals surface area contributed by atoms with Gasteiger partial charge in [-0.3, -0.25) is 4.90 Å². The second-order valence-electron chi connectivity index (χ2n) is 4.18. The van der Waals surface area contributed by atoms with E-state index in [0.29, 0.717) is 0 Å². The van der Waals surface area contributed by atoms with Crippen molar-refractivity contribution in [3.05, 3.63) is 5.21 Å². The van der Waals surface area contributed by atoms with Gasteiger partial charge in [0.1, 0.15) is 6.67 Å². The lowest BCUT2D eigenvalue weighted by atomic mass is 10.4. The smallest absolute Gasteiger partial charge is 0.134 e. The lowest BCUT2D eigenvalue weighted by Gasteiger charge is -2.41. The summed E-state index contributed by atoms with van der Waals surface area (Å²) in [4.78, 5) is 2.33. The van der Waals surface area contributed by atoms with E-state index < -0.39 is 0 Å². The summed E-state index contributed by atoms with van der Waals surface area (Å²) in [7, 11) is 0. The minimum absolute atomic E-state index is 0.0694. The van der Waals surface area contributed by atoms with Crippen molar-refractivity contribution in [3.8, 4) is 0 Å². The van der Waals surface area contributed by atoms with E-state index >= 15 is 0 Å². The zero-order chi connectivity index (χ0) is 8.44. The SMILES string of the molecule is [O-][N+]1(CN2CCCC2)CCCC1. The maximum atomic E-state index is 12.0. The number of rotatable bonds is 2. The fourth-order valence-corrected chi connectivity index (χ4v) is 2.34. The molecule has 3 nitrogen and oxygen atoms in total. The molecule has 2 aliphatic rings. The molecule has 2 fully saturated rings. The van der Waals surface area contributed by atoms with E-state index in [0.717, 1.165) is 45.7 Å². The highest BCUT2D eigenvalue weighted by Crippen LogP contribution is 2.20. The van der Waals surface area contributed by atoms with Crippen LogP contribution in [-0.2, 0) is 0 Å². The largest absolute Gasteiger partial charge is 0.632 e. The number of quaternary nitrogens is 1. The first kappa shape index (κ1) is 8.48. The standard InChI is InChI=1S/C9H18N2O/c12-11(7-3-4-8-11)9-10-5-1-2-6-10/h1-9H2. The minimum atomic E-state index is 0.0694. The number of hydrogen-bond acceptors (Lipinski definition) is 2. The first-order chi connectivity index (χ1) is 5.79. The normalized spacial score (nSPS) is 29.8. The summed E-state index contributed by atoms with van der Waals surface area (Å²) >= 11 is 0. The number of nitrogens with zero attached hydrogens (tertiary/aromatic N) is 2. The van der Waals surface area contributed by atoms with Gasteiger partial charge >= 0.3 is 0 Å². The molecular weight excluding hydrogens is 152 g/mol. The van der Waals surface area contributed by atoms with Crippen molar-refractivity contribution in [1.29, 1.82) is 0 Å². The van der Waals surface area contributed by atoms with Crippen LogP contribution < -0.4 is 0 Å². The van der Waals surface area contributed by atoms with E-state index in [1.807, 2.05) is 0 Å². The van der Waals surface area contributed by atoms with Gasteiger partial charge in [0.2, 0.25) is 0 Å². The predicted molar refractivity (Wildman–Crippen MR) is 48.3 cm³/mol. The van der Waals surface area contributed by atoms with Gasteiger partial charge in [0, 0.05) is 25.9 Å². The molecule has 0 atom stereocenters. The van der Waals surface area contributed by atoms with E-state index in [4.69, 9.17) is 0 Å². The molecule has 0 radical (unpaired) electrons. The molecule has 0 bridgehead atoms. The summed E-state index contributed by atoms with van der Waals surface area (Å²) in [5.74, 6) is 0. The van der Waals surface area contributed by atoms with Gasteiger partial charge in [-0.05, 0) is 12.8 Å². The summed E-state index contributed by atoms with van der Waals surface area (Å²) < 4.78 is 0.0694. The van der Waals surface area contributed by atoms with Crippen LogP contribution in [0.4, 0.5) is 0 Å². The average molecular weight is 170 g/mol. The molecule has 0 unspecified atom stereocenters. The van der Waals surface area contributed by atoms with Gasteiger partial charge in [0.15, 0.2) is 0 Å². The predicted octanol–water partition coefficient (Wildman–Crippen LogP) is 1.15. The van der Waals surface area contributed by atoms with Gasteiger partial charge < -0.3 is 9.85 Å². The third-order valence-electron chi connectivity index (χ3n) is 3.04. The lowest BCUT2D eigenvalue weighted by Crippen LogP contribution is -2.47. The Kier molecular flexibility index (Phi) is 2.35. The van der Waals surface area contributed by atoms with Crippen molar-refractivity contribution < 1.29 is 4.65 Å². The molecule has 2 heterocycles. The number of hydroxylamine groups is 3. The Morgan fingerprint density at radius 2 is 1.58 bits per heavy atom. The van der Waals surface area contributed by atoms with Gasteiger partial charge in [-0.15, -0.1) is 0 Å². The molecule has 0 aliphatic carbocycles. The third kappa shape index (κ3) is 1.79. The maximum absolute atomic E-state index is 12.0. The van der Waals surface area contributed by atoms with Crippen molar-refractivity contribution >= 4 is 0 Å². The van der Waals surface area contributed by atoms with E-state index in [1.165, 1.54) is 12.8 Å². The van der Waals surface area contributed by atoms with Crippen LogP contribution in [-0.4, -0.2) is 42.4 Å². The highest BCUT2D eigenvalue weighted by molar-refractivity contribution is 4.64. The molecule has 3 heteroatoms. The van der Waals surface area contributed by atoms with Gasteiger partial charge in [-0.25, -0.2) is 0 Å². The molecule has 2 saturated heterocycles. The molecule has 0 spiro atoms. The maximum Gasteiger partial charge on any atom is 0.134 e. The Hall–Kier alpha value is -0.120. The molecule has 0 N–H and O–H groups in total. The van der Waals surface area contributed by atoms with Gasteiger partial charge in [0.25, 0.3) is 0 Å². The minimum Gasteiger partial charge on any atom is -0.632 e. The van der Waals surface area contributed by atoms with E-state index in [1.54, 1.807) is 0 Å². The monoisotopic (exact) mass is 170 g/mol. The van der Waals surface area contributed by atoms with Crippen molar-refractivity contribution in [2.75, 3.05) is 32.8 Å². The summed E-state index contributed by atoms with van der Waals surface area (Å²) in [6.45, 7) is 4.79. The zero-order valence-corrected chi connectivity index (χ0v) is 7.67. The second-order valence-corrected chi connectivity index (χ2v) is 4.18. The molecular formula is C9H18N2O. The molecule has 12 heavy (non-hydrogen) atoms. The van der Waals surface area contributed by atoms with Crippen molar-refractivity contribution in [2.24, 2.45) is 0 Å². The van der Waals surface area contributed by atoms with Crippen molar-refractivity contribution in [1.82, 2.24) is 4.90 Å². The topological polar surface area (TPSA) is 26.3 Å². The summed E-state index contributed by atoms with van der Waals surface area (Å²) in [6, 6.07) is 0. The summed E-state index contributed by atoms with van der Waals surface area (Å²) in [5, 5.41) is 12.0. The molecule has 2 rings (SSSR count). The fourth-order valence-electron chi connectivity index (χ4n) is 2.34. The molecule has 0 aromatic heterocycles. The van der Waals surface area contributed by atoms with Crippen LogP contribution in [0.15, 0.2) is 0 Å². The van der Waals surface area contributed by atoms with Crippen LogP contribution in [0.25, 0.3) is 0 Å². The van der Waals surface area contributed by atoms with Crippen LogP contribution in [0.3, 0.4) is 0 Å². The van der Waals surface area contributed by atoms with Gasteiger partial charge in [-0.1, -0.05) is 0 Å². The Morgan fingerprint density at radius 3 is 2.17 bits per heavy atom. The molecule has 0 aromatic carbocycles. The first-order valence-corrected chi connectivity index (χ1v) is 5.08. The van der Waals surface area contributed by atoms with E-state index in [-0.39, 0.29) is 4.65 Å². The average Bonchev–Trinajstić information content (AvgIpc) is 2.62. The van der Waals surface area contributed by atoms with Crippen LogP contribution in [0.1, 0.15) is 25.7 Å². The van der Waals surface area contributed by atoms with Crippen LogP contribution in [0.5, 0.6) is 0 Å². The molecule has 0 saturated carbocycles. The highest BCUT2D eigenvalue weighted by atomic mass is 16.5. The number of hydrogen-bond donors (Lipinski definition) is 0. The van der Waals surface area contributed by atoms with Crippen molar-refractivity contribution in [2.45, 2.75) is 25.7 Å². The first-order valence-electron chi connectivity index (χ1n) is 5.08. The molecule has 0 aromatic rings. The Bertz CT molecular complexity index is 149. The lowest BCUT2D eigenvalue weighted by molar-refractivity contribution is -0.878. The van der Waals surface area contributed by atoms with Crippen LogP contribution >= 0.6 is 0 Å². The fraction of sp³-hybridized carbons (Fsp3) is 1.00. The quantitative estimate of drug-likeness (QED) is 0.459. The molecule has 2 aliphatic heterocycles. The molecule has 70 valence electrons. The van der Waals surface area contributed by atoms with Gasteiger partial charge in [-0.2, -0.15) is 0 Å². The Labute approximate surface area is 74.1 Å². The zero-order valence-electron chi connectivity index (χ0n) is 7.67. The second kappa shape index (κ2) is 3.32. The Balaban J connectivity index is 1.83. The van der Waals surface area contributed by atoms with E-state index in [9.17, 15) is 5.21 Å². The summed E-state index contributed by atoms with van der Waals surface area (Å²) in [5.41, 5.74) is 0. The Morgan fingerprint density at radius 1 is 1.00 bits per heavy atom. The highest BCUT2D eigenvalue weighted by Gasteiger charge is 2.26. The van der Waals surface area contributed by atoms with Crippen LogP contribution in [0.2, 0.25) is 0 Å².